The summed E-state index contributed by atoms with van der Waals surface area (Å²) in [5, 5.41) is 0. The van der Waals surface area contributed by atoms with E-state index >= 15 is 0 Å². The van der Waals surface area contributed by atoms with Crippen molar-refractivity contribution in [1.82, 2.24) is 0 Å². The van der Waals surface area contributed by atoms with E-state index in [-0.39, 0.29) is 0 Å². The van der Waals surface area contributed by atoms with E-state index in [9.17, 15) is 0 Å². The smallest absolute Gasteiger partial charge is 0.0162 e. The monoisotopic (exact) mass is 350 g/mol. The second-order valence-corrected chi connectivity index (χ2v) is 7.80. The third-order valence-electron chi connectivity index (χ3n) is 5.60. The number of benzene rings is 2. The zero-order valence-corrected chi connectivity index (χ0v) is 17.4. The molecule has 2 aromatic carbocycles. The van der Waals surface area contributed by atoms with Crippen molar-refractivity contribution in [3.63, 3.8) is 0 Å². The highest BCUT2D eigenvalue weighted by atomic mass is 14.2. The van der Waals surface area contributed by atoms with Crippen LogP contribution in [0.15, 0.2) is 48.5 Å². The van der Waals surface area contributed by atoms with Crippen LogP contribution in [0.4, 0.5) is 0 Å². The first kappa shape index (κ1) is 20.7. The van der Waals surface area contributed by atoms with Crippen molar-refractivity contribution in [3.8, 4) is 11.1 Å². The molecule has 0 saturated heterocycles. The SMILES string of the molecule is CCCC(CCC)c1cccc(-c2cccc(C(CCC)CCC)c2)c1. The Bertz CT molecular complexity index is 570. The molecule has 26 heavy (non-hydrogen) atoms. The number of hydrogen-bond donors (Lipinski definition) is 0. The summed E-state index contributed by atoms with van der Waals surface area (Å²) in [7, 11) is 0. The van der Waals surface area contributed by atoms with Crippen LogP contribution in [-0.2, 0) is 0 Å². The lowest BCUT2D eigenvalue weighted by Crippen LogP contribution is -2.00. The van der Waals surface area contributed by atoms with Gasteiger partial charge < -0.3 is 0 Å². The summed E-state index contributed by atoms with van der Waals surface area (Å²) < 4.78 is 0. The third-order valence-corrected chi connectivity index (χ3v) is 5.60. The Morgan fingerprint density at radius 1 is 0.538 bits per heavy atom. The van der Waals surface area contributed by atoms with E-state index in [0.717, 1.165) is 0 Å². The van der Waals surface area contributed by atoms with Crippen LogP contribution in [0.1, 0.15) is 102 Å². The fourth-order valence-corrected chi connectivity index (χ4v) is 4.29. The van der Waals surface area contributed by atoms with Crippen molar-refractivity contribution in [3.05, 3.63) is 59.7 Å². The minimum absolute atomic E-state index is 0.709. The van der Waals surface area contributed by atoms with Gasteiger partial charge in [0.2, 0.25) is 0 Å². The van der Waals surface area contributed by atoms with Gasteiger partial charge in [-0.2, -0.15) is 0 Å². The summed E-state index contributed by atoms with van der Waals surface area (Å²) in [4.78, 5) is 0. The maximum atomic E-state index is 2.45. The minimum atomic E-state index is 0.709. The highest BCUT2D eigenvalue weighted by molar-refractivity contribution is 5.65. The van der Waals surface area contributed by atoms with Crippen LogP contribution in [-0.4, -0.2) is 0 Å². The molecular weight excluding hydrogens is 312 g/mol. The molecule has 0 atom stereocenters. The second-order valence-electron chi connectivity index (χ2n) is 7.80. The predicted octanol–water partition coefficient (Wildman–Crippen LogP) is 8.72. The van der Waals surface area contributed by atoms with Gasteiger partial charge in [0.15, 0.2) is 0 Å². The summed E-state index contributed by atoms with van der Waals surface area (Å²) in [5.74, 6) is 1.42. The molecule has 0 unspecified atom stereocenters. The first-order valence-corrected chi connectivity index (χ1v) is 10.9. The lowest BCUT2D eigenvalue weighted by molar-refractivity contribution is 0.560. The molecule has 0 N–H and O–H groups in total. The lowest BCUT2D eigenvalue weighted by atomic mass is 9.86. The molecule has 0 fully saturated rings. The topological polar surface area (TPSA) is 0 Å². The molecule has 0 radical (unpaired) electrons. The van der Waals surface area contributed by atoms with Crippen LogP contribution < -0.4 is 0 Å². The van der Waals surface area contributed by atoms with Crippen molar-refractivity contribution in [2.75, 3.05) is 0 Å². The predicted molar refractivity (Wildman–Crippen MR) is 117 cm³/mol. The van der Waals surface area contributed by atoms with E-state index in [0.29, 0.717) is 11.8 Å². The highest BCUT2D eigenvalue weighted by Crippen LogP contribution is 2.32. The minimum Gasteiger partial charge on any atom is -0.0654 e. The van der Waals surface area contributed by atoms with Crippen LogP contribution in [0.25, 0.3) is 11.1 Å². The summed E-state index contributed by atoms with van der Waals surface area (Å²) in [6, 6.07) is 18.6. The van der Waals surface area contributed by atoms with Crippen LogP contribution in [0.3, 0.4) is 0 Å². The molecule has 142 valence electrons. The van der Waals surface area contributed by atoms with Gasteiger partial charge >= 0.3 is 0 Å². The van der Waals surface area contributed by atoms with Gasteiger partial charge in [0.05, 0.1) is 0 Å². The molecule has 0 aliphatic heterocycles. The van der Waals surface area contributed by atoms with E-state index in [4.69, 9.17) is 0 Å². The van der Waals surface area contributed by atoms with Gasteiger partial charge in [0.1, 0.15) is 0 Å². The maximum absolute atomic E-state index is 2.45. The first-order valence-electron chi connectivity index (χ1n) is 10.9. The zero-order chi connectivity index (χ0) is 18.8. The van der Waals surface area contributed by atoms with E-state index < -0.39 is 0 Å². The molecule has 2 rings (SSSR count). The van der Waals surface area contributed by atoms with E-state index in [2.05, 4.69) is 76.2 Å². The van der Waals surface area contributed by atoms with E-state index in [1.807, 2.05) is 0 Å². The molecule has 0 aromatic heterocycles. The van der Waals surface area contributed by atoms with Crippen molar-refractivity contribution in [1.29, 1.82) is 0 Å². The van der Waals surface area contributed by atoms with Gasteiger partial charge in [0, 0.05) is 0 Å². The van der Waals surface area contributed by atoms with Gasteiger partial charge in [-0.1, -0.05) is 102 Å². The lowest BCUT2D eigenvalue weighted by Gasteiger charge is -2.18. The first-order chi connectivity index (χ1) is 12.7. The zero-order valence-electron chi connectivity index (χ0n) is 17.4. The molecular formula is C26H38. The molecule has 0 saturated carbocycles. The largest absolute Gasteiger partial charge is 0.0654 e. The Hall–Kier alpha value is -1.56. The van der Waals surface area contributed by atoms with E-state index in [1.54, 1.807) is 0 Å². The molecule has 0 spiro atoms. The van der Waals surface area contributed by atoms with Crippen molar-refractivity contribution >= 4 is 0 Å². The van der Waals surface area contributed by atoms with Gasteiger partial charge in [-0.15, -0.1) is 0 Å². The summed E-state index contributed by atoms with van der Waals surface area (Å²) in [5.41, 5.74) is 5.81. The quantitative estimate of drug-likeness (QED) is 0.380. The average molecular weight is 351 g/mol. The fraction of sp³-hybridized carbons (Fsp3) is 0.538. The summed E-state index contributed by atoms with van der Waals surface area (Å²) >= 11 is 0. The molecule has 0 bridgehead atoms. The van der Waals surface area contributed by atoms with Crippen LogP contribution >= 0.6 is 0 Å². The van der Waals surface area contributed by atoms with Gasteiger partial charge in [-0.3, -0.25) is 0 Å². The number of hydrogen-bond acceptors (Lipinski definition) is 0. The van der Waals surface area contributed by atoms with Crippen LogP contribution in [0.2, 0.25) is 0 Å². The Morgan fingerprint density at radius 3 is 1.19 bits per heavy atom. The van der Waals surface area contributed by atoms with Gasteiger partial charge in [0.25, 0.3) is 0 Å². The number of rotatable bonds is 11. The van der Waals surface area contributed by atoms with Crippen molar-refractivity contribution in [2.45, 2.75) is 90.9 Å². The van der Waals surface area contributed by atoms with Gasteiger partial charge in [-0.05, 0) is 59.8 Å². The Balaban J connectivity index is 2.30. The molecule has 0 aliphatic carbocycles. The average Bonchev–Trinajstić information content (AvgIpc) is 2.68. The summed E-state index contributed by atoms with van der Waals surface area (Å²) in [6.07, 6.45) is 10.2. The molecule has 0 heterocycles. The normalized spacial score (nSPS) is 11.5. The van der Waals surface area contributed by atoms with Crippen LogP contribution in [0, 0.1) is 0 Å². The molecule has 0 aliphatic rings. The maximum Gasteiger partial charge on any atom is -0.0162 e. The highest BCUT2D eigenvalue weighted by Gasteiger charge is 2.13. The van der Waals surface area contributed by atoms with E-state index in [1.165, 1.54) is 73.6 Å². The third kappa shape index (κ3) is 5.73. The van der Waals surface area contributed by atoms with Crippen molar-refractivity contribution in [2.24, 2.45) is 0 Å². The Kier molecular flexibility index (Phi) is 8.95. The fourth-order valence-electron chi connectivity index (χ4n) is 4.29. The second kappa shape index (κ2) is 11.2. The Labute approximate surface area is 162 Å². The Morgan fingerprint density at radius 2 is 0.885 bits per heavy atom. The standard InChI is InChI=1S/C26H38/c1-5-11-21(12-6-2)23-15-9-17-25(19-23)26-18-10-16-24(20-26)22(13-7-3)14-8-4/h9-10,15-22H,5-8,11-14H2,1-4H3. The molecule has 0 amide bonds. The molecule has 0 nitrogen and oxygen atoms in total. The van der Waals surface area contributed by atoms with Gasteiger partial charge in [-0.25, -0.2) is 0 Å². The molecule has 0 heteroatoms. The van der Waals surface area contributed by atoms with Crippen LogP contribution in [0.5, 0.6) is 0 Å². The molecule has 2 aromatic rings. The van der Waals surface area contributed by atoms with Crippen molar-refractivity contribution < 1.29 is 0 Å². The summed E-state index contributed by atoms with van der Waals surface area (Å²) in [6.45, 7) is 9.21.